The summed E-state index contributed by atoms with van der Waals surface area (Å²) in [6.07, 6.45) is 3.34. The van der Waals surface area contributed by atoms with Gasteiger partial charge in [-0.2, -0.15) is 0 Å². The zero-order chi connectivity index (χ0) is 21.0. The minimum Gasteiger partial charge on any atom is -0.493 e. The summed E-state index contributed by atoms with van der Waals surface area (Å²) in [5.41, 5.74) is 1.28. The monoisotopic (exact) mass is 432 g/mol. The summed E-state index contributed by atoms with van der Waals surface area (Å²) in [7, 11) is 3.06. The van der Waals surface area contributed by atoms with Gasteiger partial charge in [0.2, 0.25) is 0 Å². The molecule has 0 unspecified atom stereocenters. The number of ether oxygens (including phenoxy) is 2. The molecule has 0 fully saturated rings. The van der Waals surface area contributed by atoms with E-state index in [0.717, 1.165) is 0 Å². The van der Waals surface area contributed by atoms with Gasteiger partial charge in [0, 0.05) is 11.3 Å². The van der Waals surface area contributed by atoms with Gasteiger partial charge in [-0.3, -0.25) is 9.69 Å². The van der Waals surface area contributed by atoms with Crippen LogP contribution < -0.4 is 14.4 Å². The quantitative estimate of drug-likeness (QED) is 0.467. The molecule has 29 heavy (non-hydrogen) atoms. The highest BCUT2D eigenvalue weighted by Gasteiger charge is 2.32. The van der Waals surface area contributed by atoms with E-state index in [-0.39, 0.29) is 16.6 Å². The number of carbonyl (C=O) groups excluding carboxylic acids is 1. The number of rotatable bonds is 6. The molecule has 2 aromatic carbocycles. The predicted molar refractivity (Wildman–Crippen MR) is 117 cm³/mol. The van der Waals surface area contributed by atoms with Gasteiger partial charge < -0.3 is 9.47 Å². The van der Waals surface area contributed by atoms with Crippen LogP contribution in [0.15, 0.2) is 59.7 Å². The van der Waals surface area contributed by atoms with Gasteiger partial charge in [-0.15, -0.1) is 6.58 Å². The molecule has 0 atom stereocenters. The lowest BCUT2D eigenvalue weighted by Gasteiger charge is -2.17. The summed E-state index contributed by atoms with van der Waals surface area (Å²) >= 11 is 7.25. The van der Waals surface area contributed by atoms with Crippen molar-refractivity contribution in [2.45, 2.75) is 0 Å². The second-order valence-corrected chi connectivity index (χ2v) is 7.24. The van der Waals surface area contributed by atoms with E-state index in [0.29, 0.717) is 33.7 Å². The van der Waals surface area contributed by atoms with Gasteiger partial charge in [-0.25, -0.2) is 9.38 Å². The molecule has 3 rings (SSSR count). The van der Waals surface area contributed by atoms with Crippen LogP contribution in [0.2, 0.25) is 5.02 Å². The molecule has 0 aliphatic carbocycles. The number of methoxy groups -OCH3 is 2. The zero-order valence-corrected chi connectivity index (χ0v) is 17.4. The van der Waals surface area contributed by atoms with E-state index >= 15 is 0 Å². The highest BCUT2D eigenvalue weighted by atomic mass is 35.5. The number of halogens is 2. The number of para-hydroxylation sites is 1. The molecule has 0 spiro atoms. The summed E-state index contributed by atoms with van der Waals surface area (Å²) in [6, 6.07) is 9.45. The first-order valence-electron chi connectivity index (χ1n) is 8.54. The SMILES string of the molecule is C=CCSC1=N/C(=C/c2cccc(OC)c2OC)C(=O)N1c1ccc(F)c(Cl)c1. The number of amidine groups is 1. The molecule has 0 N–H and O–H groups in total. The van der Waals surface area contributed by atoms with Crippen molar-refractivity contribution < 1.29 is 18.7 Å². The lowest BCUT2D eigenvalue weighted by molar-refractivity contribution is -0.113. The van der Waals surface area contributed by atoms with E-state index in [1.165, 1.54) is 49.1 Å². The number of hydrogen-bond donors (Lipinski definition) is 0. The molecular weight excluding hydrogens is 415 g/mol. The van der Waals surface area contributed by atoms with Gasteiger partial charge in [-0.05, 0) is 30.3 Å². The van der Waals surface area contributed by atoms with Crippen molar-refractivity contribution in [3.05, 3.63) is 71.2 Å². The van der Waals surface area contributed by atoms with Crippen LogP contribution in [-0.2, 0) is 4.79 Å². The van der Waals surface area contributed by atoms with Crippen LogP contribution >= 0.6 is 23.4 Å². The van der Waals surface area contributed by atoms with Gasteiger partial charge in [0.15, 0.2) is 16.7 Å². The van der Waals surface area contributed by atoms with Crippen molar-refractivity contribution in [3.63, 3.8) is 0 Å². The molecule has 150 valence electrons. The Kier molecular flexibility index (Phi) is 6.61. The van der Waals surface area contributed by atoms with Gasteiger partial charge in [-0.1, -0.05) is 41.6 Å². The van der Waals surface area contributed by atoms with Crippen molar-refractivity contribution in [1.29, 1.82) is 0 Å². The second-order valence-electron chi connectivity index (χ2n) is 5.85. The van der Waals surface area contributed by atoms with E-state index in [9.17, 15) is 9.18 Å². The van der Waals surface area contributed by atoms with Crippen molar-refractivity contribution in [2.24, 2.45) is 4.99 Å². The molecule has 5 nitrogen and oxygen atoms in total. The molecule has 0 saturated heterocycles. The number of benzene rings is 2. The summed E-state index contributed by atoms with van der Waals surface area (Å²) in [5, 5.41) is 0.376. The topological polar surface area (TPSA) is 51.1 Å². The zero-order valence-electron chi connectivity index (χ0n) is 15.8. The Morgan fingerprint density at radius 2 is 2.07 bits per heavy atom. The van der Waals surface area contributed by atoms with Gasteiger partial charge in [0.05, 0.1) is 24.9 Å². The van der Waals surface area contributed by atoms with Crippen LogP contribution in [0.3, 0.4) is 0 Å². The van der Waals surface area contributed by atoms with E-state index in [1.54, 1.807) is 30.4 Å². The minimum atomic E-state index is -0.559. The predicted octanol–water partition coefficient (Wildman–Crippen LogP) is 5.16. The van der Waals surface area contributed by atoms with Gasteiger partial charge in [0.25, 0.3) is 5.91 Å². The molecule has 8 heteroatoms. The fourth-order valence-electron chi connectivity index (χ4n) is 2.75. The number of anilines is 1. The average Bonchev–Trinajstić information content (AvgIpc) is 3.03. The molecule has 0 saturated carbocycles. The third-order valence-corrected chi connectivity index (χ3v) is 5.27. The largest absolute Gasteiger partial charge is 0.493 e. The van der Waals surface area contributed by atoms with E-state index < -0.39 is 5.82 Å². The van der Waals surface area contributed by atoms with Crippen molar-refractivity contribution in [2.75, 3.05) is 24.9 Å². The Balaban J connectivity index is 2.06. The molecular formula is C21H18ClFN2O3S. The van der Waals surface area contributed by atoms with Crippen LogP contribution in [-0.4, -0.2) is 31.0 Å². The summed E-state index contributed by atoms with van der Waals surface area (Å²) < 4.78 is 24.3. The van der Waals surface area contributed by atoms with Gasteiger partial charge >= 0.3 is 0 Å². The normalized spacial score (nSPS) is 14.9. The Labute approximate surface area is 177 Å². The van der Waals surface area contributed by atoms with E-state index in [1.807, 2.05) is 0 Å². The van der Waals surface area contributed by atoms with E-state index in [2.05, 4.69) is 11.6 Å². The van der Waals surface area contributed by atoms with Crippen LogP contribution in [0.4, 0.5) is 10.1 Å². The fourth-order valence-corrected chi connectivity index (χ4v) is 3.67. The van der Waals surface area contributed by atoms with Crippen molar-refractivity contribution in [1.82, 2.24) is 0 Å². The fraction of sp³-hybridized carbons (Fsp3) is 0.143. The molecule has 1 heterocycles. The van der Waals surface area contributed by atoms with Crippen molar-refractivity contribution in [3.8, 4) is 11.5 Å². The number of nitrogens with zero attached hydrogens (tertiary/aromatic N) is 2. The first-order chi connectivity index (χ1) is 14.0. The highest BCUT2D eigenvalue weighted by molar-refractivity contribution is 8.14. The maximum atomic E-state index is 13.6. The van der Waals surface area contributed by atoms with Crippen LogP contribution in [0.5, 0.6) is 11.5 Å². The van der Waals surface area contributed by atoms with Crippen LogP contribution in [0.1, 0.15) is 5.56 Å². The molecule has 1 aliphatic heterocycles. The number of amides is 1. The smallest absolute Gasteiger partial charge is 0.283 e. The average molecular weight is 433 g/mol. The molecule has 0 aromatic heterocycles. The first kappa shape index (κ1) is 21.0. The second kappa shape index (κ2) is 9.15. The van der Waals surface area contributed by atoms with Gasteiger partial charge in [0.1, 0.15) is 11.5 Å². The number of hydrogen-bond acceptors (Lipinski definition) is 5. The first-order valence-corrected chi connectivity index (χ1v) is 9.91. The molecule has 2 aromatic rings. The Morgan fingerprint density at radius 3 is 2.72 bits per heavy atom. The summed E-state index contributed by atoms with van der Waals surface area (Å²) in [5.74, 6) is 0.668. The Morgan fingerprint density at radius 1 is 1.28 bits per heavy atom. The minimum absolute atomic E-state index is 0.0738. The molecule has 1 amide bonds. The molecule has 0 bridgehead atoms. The standard InChI is InChI=1S/C21H18ClFN2O3S/c1-4-10-29-21-24-17(11-13-6-5-7-18(27-2)19(13)28-3)20(26)25(21)14-8-9-16(23)15(22)12-14/h4-9,11-12H,1,10H2,2-3H3/b17-11+. The number of carbonyl (C=O) groups is 1. The van der Waals surface area contributed by atoms with Crippen molar-refractivity contribution >= 4 is 46.2 Å². The Hall–Kier alpha value is -2.77. The Bertz CT molecular complexity index is 1020. The number of thioether (sulfide) groups is 1. The third-order valence-electron chi connectivity index (χ3n) is 4.05. The van der Waals surface area contributed by atoms with Crippen LogP contribution in [0, 0.1) is 5.82 Å². The van der Waals surface area contributed by atoms with E-state index in [4.69, 9.17) is 21.1 Å². The lowest BCUT2D eigenvalue weighted by Crippen LogP contribution is -2.30. The highest BCUT2D eigenvalue weighted by Crippen LogP contribution is 2.35. The lowest BCUT2D eigenvalue weighted by atomic mass is 10.1. The molecule has 1 aliphatic rings. The maximum absolute atomic E-state index is 13.6. The maximum Gasteiger partial charge on any atom is 0.283 e. The number of aliphatic imine (C=N–C) groups is 1. The summed E-state index contributed by atoms with van der Waals surface area (Å²) in [4.78, 5) is 19.0. The van der Waals surface area contributed by atoms with Crippen LogP contribution in [0.25, 0.3) is 6.08 Å². The summed E-state index contributed by atoms with van der Waals surface area (Å²) in [6.45, 7) is 3.70. The third kappa shape index (κ3) is 4.31. The molecule has 0 radical (unpaired) electrons.